The summed E-state index contributed by atoms with van der Waals surface area (Å²) in [6, 6.07) is 4.73. The summed E-state index contributed by atoms with van der Waals surface area (Å²) in [7, 11) is 0. The lowest BCUT2D eigenvalue weighted by Crippen LogP contribution is -2.32. The number of unbranched alkanes of at least 4 members (excludes halogenated alkanes) is 26. The van der Waals surface area contributed by atoms with Crippen LogP contribution in [0.4, 0.5) is 0 Å². The van der Waals surface area contributed by atoms with Crippen LogP contribution in [0.2, 0.25) is 0 Å². The van der Waals surface area contributed by atoms with Gasteiger partial charge in [-0.15, -0.1) is 0 Å². The van der Waals surface area contributed by atoms with Gasteiger partial charge in [0, 0.05) is 18.6 Å². The Hall–Kier alpha value is -1.11. The minimum atomic E-state index is 1.18. The highest BCUT2D eigenvalue weighted by Gasteiger charge is 2.02. The molecule has 0 aliphatic rings. The number of hydrogen-bond acceptors (Lipinski definition) is 0. The van der Waals surface area contributed by atoms with Crippen LogP contribution in [-0.2, 0) is 13.0 Å². The Morgan fingerprint density at radius 3 is 1.17 bits per heavy atom. The molecule has 0 N–H and O–H groups in total. The number of rotatable bonds is 32. The minimum absolute atomic E-state index is 1.18. The van der Waals surface area contributed by atoms with Gasteiger partial charge in [0.1, 0.15) is 6.54 Å². The molecule has 1 aromatic rings. The first-order valence-corrected chi connectivity index (χ1v) is 19.0. The standard InChI is InChI=1S/C40H74N/c1-3-5-7-9-11-13-15-17-19-21-23-25-27-29-31-33-37-41-38-35-40(36-39-41)34-32-30-28-26-24-22-20-18-16-14-12-10-8-6-4-2/h17,19,35-36,38-39H,3-16,18,20-34,37H2,1-2H3/q+1/b19-17-. The van der Waals surface area contributed by atoms with Crippen molar-refractivity contribution < 1.29 is 4.57 Å². The summed E-state index contributed by atoms with van der Waals surface area (Å²) >= 11 is 0. The largest absolute Gasteiger partial charge is 0.205 e. The maximum absolute atomic E-state index is 2.44. The maximum Gasteiger partial charge on any atom is 0.169 e. The van der Waals surface area contributed by atoms with E-state index in [0.717, 1.165) is 0 Å². The van der Waals surface area contributed by atoms with Gasteiger partial charge in [-0.1, -0.05) is 167 Å². The van der Waals surface area contributed by atoms with Gasteiger partial charge in [-0.2, -0.15) is 0 Å². The molecule has 1 heteroatoms. The summed E-state index contributed by atoms with van der Waals surface area (Å²) in [5.74, 6) is 0. The number of aryl methyl sites for hydroxylation is 2. The third-order valence-electron chi connectivity index (χ3n) is 8.96. The van der Waals surface area contributed by atoms with Crippen LogP contribution in [-0.4, -0.2) is 0 Å². The first kappa shape index (κ1) is 37.9. The zero-order chi connectivity index (χ0) is 29.3. The lowest BCUT2D eigenvalue weighted by molar-refractivity contribution is -0.697. The molecule has 0 saturated carbocycles. The molecule has 0 aliphatic carbocycles. The van der Waals surface area contributed by atoms with E-state index in [9.17, 15) is 0 Å². The summed E-state index contributed by atoms with van der Waals surface area (Å²) in [6.45, 7) is 5.78. The van der Waals surface area contributed by atoms with Gasteiger partial charge in [0.05, 0.1) is 0 Å². The maximum atomic E-state index is 2.44. The van der Waals surface area contributed by atoms with Gasteiger partial charge in [-0.05, 0) is 50.5 Å². The average molecular weight is 569 g/mol. The molecule has 0 saturated heterocycles. The van der Waals surface area contributed by atoms with Crippen LogP contribution in [0.3, 0.4) is 0 Å². The molecule has 0 unspecified atom stereocenters. The van der Waals surface area contributed by atoms with Crippen molar-refractivity contribution in [2.24, 2.45) is 0 Å². The Morgan fingerprint density at radius 2 is 0.756 bits per heavy atom. The van der Waals surface area contributed by atoms with Crippen molar-refractivity contribution in [2.75, 3.05) is 0 Å². The van der Waals surface area contributed by atoms with Gasteiger partial charge in [0.15, 0.2) is 12.4 Å². The molecule has 1 aromatic heterocycles. The van der Waals surface area contributed by atoms with Crippen molar-refractivity contribution in [1.29, 1.82) is 0 Å². The molecule has 0 amide bonds. The van der Waals surface area contributed by atoms with Gasteiger partial charge in [0.25, 0.3) is 0 Å². The highest BCUT2D eigenvalue weighted by Crippen LogP contribution is 2.14. The van der Waals surface area contributed by atoms with Crippen molar-refractivity contribution in [3.05, 3.63) is 42.2 Å². The van der Waals surface area contributed by atoms with Crippen LogP contribution in [0.15, 0.2) is 36.7 Å². The third kappa shape index (κ3) is 27.5. The molecule has 41 heavy (non-hydrogen) atoms. The molecule has 1 nitrogen and oxygen atoms in total. The number of aromatic nitrogens is 1. The summed E-state index contributed by atoms with van der Waals surface area (Å²) in [5, 5.41) is 0. The van der Waals surface area contributed by atoms with Crippen molar-refractivity contribution in [2.45, 2.75) is 213 Å². The fourth-order valence-electron chi connectivity index (χ4n) is 6.05. The molecule has 0 radical (unpaired) electrons. The zero-order valence-electron chi connectivity index (χ0n) is 28.3. The highest BCUT2D eigenvalue weighted by atomic mass is 14.9. The summed E-state index contributed by atoms with van der Waals surface area (Å²) in [4.78, 5) is 0. The van der Waals surface area contributed by atoms with Crippen LogP contribution < -0.4 is 4.57 Å². The van der Waals surface area contributed by atoms with E-state index >= 15 is 0 Å². The first-order valence-electron chi connectivity index (χ1n) is 19.0. The Balaban J connectivity index is 1.84. The summed E-state index contributed by atoms with van der Waals surface area (Å²) in [6.07, 6.45) is 51.7. The fourth-order valence-corrected chi connectivity index (χ4v) is 6.05. The first-order chi connectivity index (χ1) is 20.4. The van der Waals surface area contributed by atoms with Gasteiger partial charge in [-0.3, -0.25) is 0 Å². The molecule has 0 aliphatic heterocycles. The molecule has 1 heterocycles. The van der Waals surface area contributed by atoms with Crippen LogP contribution in [0.25, 0.3) is 0 Å². The fraction of sp³-hybridized carbons (Fsp3) is 0.825. The van der Waals surface area contributed by atoms with Crippen molar-refractivity contribution in [3.8, 4) is 0 Å². The third-order valence-corrected chi connectivity index (χ3v) is 8.96. The van der Waals surface area contributed by atoms with Gasteiger partial charge in [-0.25, -0.2) is 4.57 Å². The number of nitrogens with zero attached hydrogens (tertiary/aromatic N) is 1. The van der Waals surface area contributed by atoms with Crippen molar-refractivity contribution in [1.82, 2.24) is 0 Å². The lowest BCUT2D eigenvalue weighted by Gasteiger charge is -2.04. The summed E-state index contributed by atoms with van der Waals surface area (Å²) in [5.41, 5.74) is 1.52. The van der Waals surface area contributed by atoms with Gasteiger partial charge >= 0.3 is 0 Å². The van der Waals surface area contributed by atoms with E-state index < -0.39 is 0 Å². The molecule has 0 bridgehead atoms. The predicted octanol–water partition coefficient (Wildman–Crippen LogP) is 13.4. The van der Waals surface area contributed by atoms with Gasteiger partial charge in [0.2, 0.25) is 0 Å². The molecule has 1 rings (SSSR count). The number of allylic oxidation sites excluding steroid dienone is 2. The molecular weight excluding hydrogens is 494 g/mol. The Kier molecular flexibility index (Phi) is 29.4. The van der Waals surface area contributed by atoms with E-state index in [1.165, 1.54) is 205 Å². The van der Waals surface area contributed by atoms with E-state index in [0.29, 0.717) is 0 Å². The topological polar surface area (TPSA) is 3.88 Å². The average Bonchev–Trinajstić information content (AvgIpc) is 2.99. The SMILES string of the molecule is CCCCCCCC/C=C\CCCCCCCC[n+]1ccc(CCCCCCCCCCCCCCCCC)cc1. The highest BCUT2D eigenvalue weighted by molar-refractivity contribution is 5.07. The molecule has 238 valence electrons. The molecule has 0 aromatic carbocycles. The summed E-state index contributed by atoms with van der Waals surface area (Å²) < 4.78 is 2.39. The zero-order valence-corrected chi connectivity index (χ0v) is 28.3. The Bertz CT molecular complexity index is 645. The van der Waals surface area contributed by atoms with Gasteiger partial charge < -0.3 is 0 Å². The van der Waals surface area contributed by atoms with Crippen LogP contribution >= 0.6 is 0 Å². The number of pyridine rings is 1. The lowest BCUT2D eigenvalue weighted by atomic mass is 10.0. The molecule has 0 fully saturated rings. The van der Waals surface area contributed by atoms with E-state index in [1.54, 1.807) is 0 Å². The van der Waals surface area contributed by atoms with Crippen molar-refractivity contribution in [3.63, 3.8) is 0 Å². The Morgan fingerprint density at radius 1 is 0.415 bits per heavy atom. The van der Waals surface area contributed by atoms with Crippen LogP contribution in [0, 0.1) is 0 Å². The normalized spacial score (nSPS) is 11.7. The van der Waals surface area contributed by atoms with Crippen molar-refractivity contribution >= 4 is 0 Å². The Labute approximate surface area is 259 Å². The number of hydrogen-bond donors (Lipinski definition) is 0. The van der Waals surface area contributed by atoms with Crippen LogP contribution in [0.1, 0.15) is 206 Å². The van der Waals surface area contributed by atoms with E-state index in [-0.39, 0.29) is 0 Å². The molecular formula is C40H74N+. The molecule has 0 spiro atoms. The second-order valence-electron chi connectivity index (χ2n) is 13.1. The monoisotopic (exact) mass is 569 g/mol. The second-order valence-corrected chi connectivity index (χ2v) is 13.1. The second kappa shape index (κ2) is 31.8. The predicted molar refractivity (Wildman–Crippen MR) is 185 cm³/mol. The quantitative estimate of drug-likeness (QED) is 0.0462. The van der Waals surface area contributed by atoms with E-state index in [4.69, 9.17) is 0 Å². The van der Waals surface area contributed by atoms with Crippen LogP contribution in [0.5, 0.6) is 0 Å². The van der Waals surface area contributed by atoms with E-state index in [2.05, 4.69) is 55.1 Å². The minimum Gasteiger partial charge on any atom is -0.205 e. The molecule has 0 atom stereocenters. The van der Waals surface area contributed by atoms with E-state index in [1.807, 2.05) is 0 Å². The smallest absolute Gasteiger partial charge is 0.169 e.